The fraction of sp³-hybridized carbons (Fsp3) is 0.474. The van der Waals surface area contributed by atoms with Crippen LogP contribution in [0.3, 0.4) is 0 Å². The average Bonchev–Trinajstić information content (AvgIpc) is 3.16. The lowest BCUT2D eigenvalue weighted by Crippen LogP contribution is -2.30. The van der Waals surface area contributed by atoms with Gasteiger partial charge in [0.15, 0.2) is 0 Å². The molecule has 1 aliphatic heterocycles. The summed E-state index contributed by atoms with van der Waals surface area (Å²) in [7, 11) is 0. The third-order valence-corrected chi connectivity index (χ3v) is 4.85. The number of amides is 1. The maximum absolute atomic E-state index is 12.4. The van der Waals surface area contributed by atoms with E-state index in [0.717, 1.165) is 38.2 Å². The summed E-state index contributed by atoms with van der Waals surface area (Å²) < 4.78 is 11.5. The molecule has 0 radical (unpaired) electrons. The minimum atomic E-state index is -0.126. The molecule has 0 bridgehead atoms. The Kier molecular flexibility index (Phi) is 7.42. The molecule has 0 saturated heterocycles. The number of nitrogens with one attached hydrogen (secondary N) is 1. The Morgan fingerprint density at radius 2 is 2.08 bits per heavy atom. The number of hydrogen-bond donors (Lipinski definition) is 1. The van der Waals surface area contributed by atoms with E-state index in [-0.39, 0.29) is 5.91 Å². The van der Waals surface area contributed by atoms with Gasteiger partial charge in [-0.3, -0.25) is 9.69 Å². The topological polar surface area (TPSA) is 63.7 Å². The highest BCUT2D eigenvalue weighted by atomic mass is 32.1. The lowest BCUT2D eigenvalue weighted by molar-refractivity contribution is 0.0909. The summed E-state index contributed by atoms with van der Waals surface area (Å²) in [5, 5.41) is 4.97. The van der Waals surface area contributed by atoms with Gasteiger partial charge in [0.25, 0.3) is 5.91 Å². The van der Waals surface area contributed by atoms with Gasteiger partial charge in [-0.15, -0.1) is 11.3 Å². The molecule has 0 atom stereocenters. The maximum Gasteiger partial charge on any atom is 0.255 e. The highest BCUT2D eigenvalue weighted by molar-refractivity contribution is 7.07. The normalized spacial score (nSPS) is 18.1. The van der Waals surface area contributed by atoms with E-state index in [1.807, 2.05) is 23.7 Å². The molecule has 2 heterocycles. The van der Waals surface area contributed by atoms with E-state index in [0.29, 0.717) is 37.7 Å². The first kappa shape index (κ1) is 18.8. The summed E-state index contributed by atoms with van der Waals surface area (Å²) in [5.41, 5.74) is 3.51. The second-order valence-corrected chi connectivity index (χ2v) is 6.89. The first-order valence-electron chi connectivity index (χ1n) is 9.00. The van der Waals surface area contributed by atoms with Crippen molar-refractivity contribution in [2.24, 2.45) is 0 Å². The van der Waals surface area contributed by atoms with Gasteiger partial charge in [-0.05, 0) is 31.5 Å². The first-order valence-corrected chi connectivity index (χ1v) is 9.94. The van der Waals surface area contributed by atoms with Crippen LogP contribution in [0, 0.1) is 0 Å². The molecule has 0 aliphatic carbocycles. The maximum atomic E-state index is 12.4. The smallest absolute Gasteiger partial charge is 0.255 e. The molecular formula is C19H25N3O3S. The molecule has 1 amide bonds. The minimum Gasteiger partial charge on any atom is -0.491 e. The molecule has 1 aromatic carbocycles. The van der Waals surface area contributed by atoms with E-state index in [2.05, 4.69) is 20.6 Å². The van der Waals surface area contributed by atoms with Gasteiger partial charge in [-0.2, -0.15) is 0 Å². The highest BCUT2D eigenvalue weighted by Crippen LogP contribution is 2.18. The number of aromatic nitrogens is 1. The van der Waals surface area contributed by atoms with Crippen molar-refractivity contribution in [1.82, 2.24) is 15.2 Å². The van der Waals surface area contributed by atoms with Crippen LogP contribution in [0.15, 0.2) is 35.2 Å². The van der Waals surface area contributed by atoms with Crippen LogP contribution in [0.1, 0.15) is 28.9 Å². The Hall–Kier alpha value is -1.96. The first-order chi connectivity index (χ1) is 12.8. The van der Waals surface area contributed by atoms with Crippen LogP contribution in [-0.2, 0) is 11.3 Å². The second-order valence-electron chi connectivity index (χ2n) is 6.18. The van der Waals surface area contributed by atoms with Gasteiger partial charge >= 0.3 is 0 Å². The van der Waals surface area contributed by atoms with Gasteiger partial charge in [0, 0.05) is 31.6 Å². The fourth-order valence-corrected chi connectivity index (χ4v) is 3.40. The van der Waals surface area contributed by atoms with Crippen molar-refractivity contribution in [1.29, 1.82) is 0 Å². The third kappa shape index (κ3) is 5.79. The lowest BCUT2D eigenvalue weighted by atomic mass is 10.2. The number of benzene rings is 1. The van der Waals surface area contributed by atoms with Crippen LogP contribution >= 0.6 is 11.3 Å². The van der Waals surface area contributed by atoms with Crippen molar-refractivity contribution in [3.05, 3.63) is 46.4 Å². The predicted molar refractivity (Wildman–Crippen MR) is 102 cm³/mol. The molecule has 2 aromatic rings. The molecule has 6 nitrogen and oxygen atoms in total. The van der Waals surface area contributed by atoms with Crippen molar-refractivity contribution in [2.45, 2.75) is 19.4 Å². The molecule has 0 saturated carbocycles. The number of para-hydroxylation sites is 1. The number of nitrogens with zero attached hydrogens (tertiary/aromatic N) is 2. The summed E-state index contributed by atoms with van der Waals surface area (Å²) in [6, 6.07) is 7.36. The largest absolute Gasteiger partial charge is 0.491 e. The zero-order chi connectivity index (χ0) is 18.0. The van der Waals surface area contributed by atoms with Crippen LogP contribution in [0.4, 0.5) is 0 Å². The van der Waals surface area contributed by atoms with Gasteiger partial charge in [0.1, 0.15) is 12.4 Å². The number of carbonyl (C=O) groups excluding carboxylic acids is 1. The van der Waals surface area contributed by atoms with Crippen molar-refractivity contribution < 1.29 is 14.3 Å². The zero-order valence-corrected chi connectivity index (χ0v) is 15.7. The summed E-state index contributed by atoms with van der Waals surface area (Å²) in [6.07, 6.45) is 2.07. The van der Waals surface area contributed by atoms with Gasteiger partial charge < -0.3 is 14.8 Å². The number of thiazole rings is 1. The van der Waals surface area contributed by atoms with Crippen molar-refractivity contribution >= 4 is 17.2 Å². The quantitative estimate of drug-likeness (QED) is 0.874. The van der Waals surface area contributed by atoms with E-state index in [1.165, 1.54) is 0 Å². The summed E-state index contributed by atoms with van der Waals surface area (Å²) in [4.78, 5) is 19.1. The second kappa shape index (κ2) is 10.3. The molecular weight excluding hydrogens is 350 g/mol. The Balaban J connectivity index is 1.66. The average molecular weight is 375 g/mol. The van der Waals surface area contributed by atoms with E-state index in [9.17, 15) is 4.79 Å². The number of carbonyl (C=O) groups is 1. The third-order valence-electron chi connectivity index (χ3n) is 4.21. The molecule has 0 fully saturated rings. The summed E-state index contributed by atoms with van der Waals surface area (Å²) in [5.74, 6) is 0.493. The van der Waals surface area contributed by atoms with E-state index in [4.69, 9.17) is 9.47 Å². The Bertz CT molecular complexity index is 678. The molecule has 3 rings (SSSR count). The SMILES string of the molecule is O=C1NCCOCCCCN(Cc2cscn2)CCOc2ccccc21. The zero-order valence-electron chi connectivity index (χ0n) is 14.9. The van der Waals surface area contributed by atoms with Crippen LogP contribution in [0.2, 0.25) is 0 Å². The molecule has 1 aliphatic rings. The molecule has 1 aromatic heterocycles. The Morgan fingerprint density at radius 3 is 2.96 bits per heavy atom. The number of rotatable bonds is 2. The number of hydrogen-bond acceptors (Lipinski definition) is 6. The lowest BCUT2D eigenvalue weighted by Gasteiger charge is -2.21. The summed E-state index contributed by atoms with van der Waals surface area (Å²) in [6.45, 7) is 4.85. The van der Waals surface area contributed by atoms with Crippen LogP contribution in [0.25, 0.3) is 0 Å². The highest BCUT2D eigenvalue weighted by Gasteiger charge is 2.13. The van der Waals surface area contributed by atoms with Crippen molar-refractivity contribution in [2.75, 3.05) is 39.5 Å². The van der Waals surface area contributed by atoms with E-state index >= 15 is 0 Å². The molecule has 0 spiro atoms. The minimum absolute atomic E-state index is 0.126. The Labute approximate surface area is 158 Å². The van der Waals surface area contributed by atoms with E-state index < -0.39 is 0 Å². The standard InChI is InChI=1S/C19H25N3O3S/c23-19-17-5-1-2-6-18(17)25-12-9-22(13-16-14-26-15-21-16)8-3-4-10-24-11-7-20-19/h1-2,5-6,14-15H,3-4,7-13H2,(H,20,23). The monoisotopic (exact) mass is 375 g/mol. The van der Waals surface area contributed by atoms with Gasteiger partial charge in [-0.1, -0.05) is 12.1 Å². The van der Waals surface area contributed by atoms with Crippen molar-refractivity contribution in [3.63, 3.8) is 0 Å². The van der Waals surface area contributed by atoms with E-state index in [1.54, 1.807) is 17.4 Å². The summed E-state index contributed by atoms with van der Waals surface area (Å²) >= 11 is 1.62. The molecule has 1 N–H and O–H groups in total. The van der Waals surface area contributed by atoms with Crippen LogP contribution in [0.5, 0.6) is 5.75 Å². The molecule has 140 valence electrons. The molecule has 26 heavy (non-hydrogen) atoms. The molecule has 7 heteroatoms. The number of fused-ring (bicyclic) bond motifs is 1. The van der Waals surface area contributed by atoms with Gasteiger partial charge in [0.2, 0.25) is 0 Å². The number of ether oxygens (including phenoxy) is 2. The Morgan fingerprint density at radius 1 is 1.15 bits per heavy atom. The van der Waals surface area contributed by atoms with Gasteiger partial charge in [-0.25, -0.2) is 4.98 Å². The van der Waals surface area contributed by atoms with Crippen molar-refractivity contribution in [3.8, 4) is 5.75 Å². The fourth-order valence-electron chi connectivity index (χ4n) is 2.85. The van der Waals surface area contributed by atoms with Crippen LogP contribution < -0.4 is 10.1 Å². The van der Waals surface area contributed by atoms with Gasteiger partial charge in [0.05, 0.1) is 23.4 Å². The van der Waals surface area contributed by atoms with Crippen LogP contribution in [-0.4, -0.2) is 55.2 Å². The molecule has 0 unspecified atom stereocenters. The predicted octanol–water partition coefficient (Wildman–Crippen LogP) is 2.56.